The zero-order chi connectivity index (χ0) is 9.15. The summed E-state index contributed by atoms with van der Waals surface area (Å²) in [5.41, 5.74) is 1.89. The van der Waals surface area contributed by atoms with E-state index in [4.69, 9.17) is 4.74 Å². The van der Waals surface area contributed by atoms with Gasteiger partial charge in [-0.3, -0.25) is 0 Å². The molecule has 1 aliphatic rings. The maximum atomic E-state index is 5.23. The van der Waals surface area contributed by atoms with Gasteiger partial charge in [0, 0.05) is 5.41 Å². The lowest BCUT2D eigenvalue weighted by Crippen LogP contribution is -2.39. The van der Waals surface area contributed by atoms with Crippen molar-refractivity contribution in [1.82, 2.24) is 0 Å². The summed E-state index contributed by atoms with van der Waals surface area (Å²) < 4.78 is 5.23. The van der Waals surface area contributed by atoms with Gasteiger partial charge >= 0.3 is 0 Å². The smallest absolute Gasteiger partial charge is 0.0542 e. The lowest BCUT2D eigenvalue weighted by atomic mass is 9.82. The highest BCUT2D eigenvalue weighted by Gasteiger charge is 2.32. The van der Waals surface area contributed by atoms with Gasteiger partial charge in [0.15, 0.2) is 0 Å². The summed E-state index contributed by atoms with van der Waals surface area (Å²) in [6.07, 6.45) is 2.43. The topological polar surface area (TPSA) is 9.23 Å². The minimum Gasteiger partial charge on any atom is -0.380 e. The average molecular weight is 176 g/mol. The first kappa shape index (κ1) is 8.76. The van der Waals surface area contributed by atoms with E-state index in [0.717, 1.165) is 13.2 Å². The van der Waals surface area contributed by atoms with Crippen molar-refractivity contribution in [3.63, 3.8) is 0 Å². The third-order valence-corrected chi connectivity index (χ3v) is 2.76. The maximum absolute atomic E-state index is 5.23. The SMILES string of the molecule is CC1(CCc2ccccc2)COC1. The van der Waals surface area contributed by atoms with Gasteiger partial charge < -0.3 is 4.74 Å². The number of aryl methyl sites for hydroxylation is 1. The van der Waals surface area contributed by atoms with Crippen LogP contribution in [0.25, 0.3) is 0 Å². The molecule has 0 bridgehead atoms. The fourth-order valence-corrected chi connectivity index (χ4v) is 1.69. The Labute approximate surface area is 79.7 Å². The zero-order valence-electron chi connectivity index (χ0n) is 8.12. The summed E-state index contributed by atoms with van der Waals surface area (Å²) in [7, 11) is 0. The second-order valence-electron chi connectivity index (χ2n) is 4.29. The average Bonchev–Trinajstić information content (AvgIpc) is 2.13. The van der Waals surface area contributed by atoms with E-state index in [1.807, 2.05) is 0 Å². The van der Waals surface area contributed by atoms with Crippen LogP contribution in [0, 0.1) is 5.41 Å². The Kier molecular flexibility index (Phi) is 2.36. The van der Waals surface area contributed by atoms with Crippen LogP contribution in [0.15, 0.2) is 30.3 Å². The van der Waals surface area contributed by atoms with E-state index in [2.05, 4.69) is 37.3 Å². The molecule has 13 heavy (non-hydrogen) atoms. The predicted octanol–water partition coefficient (Wildman–Crippen LogP) is 2.66. The Morgan fingerprint density at radius 2 is 1.92 bits per heavy atom. The number of hydrogen-bond acceptors (Lipinski definition) is 1. The molecule has 0 amide bonds. The van der Waals surface area contributed by atoms with Crippen LogP contribution in [0.4, 0.5) is 0 Å². The molecular formula is C12H16O. The van der Waals surface area contributed by atoms with E-state index < -0.39 is 0 Å². The molecular weight excluding hydrogens is 160 g/mol. The van der Waals surface area contributed by atoms with Crippen molar-refractivity contribution < 1.29 is 4.74 Å². The van der Waals surface area contributed by atoms with Gasteiger partial charge in [0.05, 0.1) is 13.2 Å². The van der Waals surface area contributed by atoms with Crippen molar-refractivity contribution in [2.24, 2.45) is 5.41 Å². The molecule has 0 unspecified atom stereocenters. The van der Waals surface area contributed by atoms with Crippen molar-refractivity contribution >= 4 is 0 Å². The number of hydrogen-bond donors (Lipinski definition) is 0. The first-order chi connectivity index (χ1) is 6.29. The molecule has 70 valence electrons. The highest BCUT2D eigenvalue weighted by molar-refractivity contribution is 5.15. The Morgan fingerprint density at radius 3 is 2.46 bits per heavy atom. The van der Waals surface area contributed by atoms with E-state index in [-0.39, 0.29) is 0 Å². The summed E-state index contributed by atoms with van der Waals surface area (Å²) in [6.45, 7) is 4.19. The van der Waals surface area contributed by atoms with Gasteiger partial charge in [-0.05, 0) is 18.4 Å². The van der Waals surface area contributed by atoms with Crippen LogP contribution in [0.3, 0.4) is 0 Å². The van der Waals surface area contributed by atoms with E-state index in [1.165, 1.54) is 18.4 Å². The van der Waals surface area contributed by atoms with Crippen LogP contribution in [0.1, 0.15) is 18.9 Å². The molecule has 0 aromatic heterocycles. The number of rotatable bonds is 3. The van der Waals surface area contributed by atoms with Gasteiger partial charge in [-0.15, -0.1) is 0 Å². The monoisotopic (exact) mass is 176 g/mol. The Hall–Kier alpha value is -0.820. The van der Waals surface area contributed by atoms with E-state index in [0.29, 0.717) is 5.41 Å². The molecule has 0 N–H and O–H groups in total. The Balaban J connectivity index is 1.86. The summed E-state index contributed by atoms with van der Waals surface area (Å²) in [5.74, 6) is 0. The second-order valence-corrected chi connectivity index (χ2v) is 4.29. The first-order valence-electron chi connectivity index (χ1n) is 4.90. The van der Waals surface area contributed by atoms with Crippen LogP contribution in [0.5, 0.6) is 0 Å². The fraction of sp³-hybridized carbons (Fsp3) is 0.500. The number of benzene rings is 1. The normalized spacial score (nSPS) is 19.5. The number of ether oxygens (including phenoxy) is 1. The fourth-order valence-electron chi connectivity index (χ4n) is 1.69. The van der Waals surface area contributed by atoms with Crippen molar-refractivity contribution in [2.45, 2.75) is 19.8 Å². The van der Waals surface area contributed by atoms with Gasteiger partial charge in [-0.1, -0.05) is 37.3 Å². The third-order valence-electron chi connectivity index (χ3n) is 2.76. The van der Waals surface area contributed by atoms with Crippen LogP contribution in [-0.4, -0.2) is 13.2 Å². The van der Waals surface area contributed by atoms with Gasteiger partial charge in [0.2, 0.25) is 0 Å². The molecule has 0 aliphatic carbocycles. The molecule has 1 aromatic rings. The molecule has 0 radical (unpaired) electrons. The molecule has 1 saturated heterocycles. The zero-order valence-corrected chi connectivity index (χ0v) is 8.12. The third kappa shape index (κ3) is 2.10. The standard InChI is InChI=1S/C12H16O/c1-12(9-13-10-12)8-7-11-5-3-2-4-6-11/h2-6H,7-10H2,1H3. The first-order valence-corrected chi connectivity index (χ1v) is 4.90. The maximum Gasteiger partial charge on any atom is 0.0542 e. The van der Waals surface area contributed by atoms with E-state index in [1.54, 1.807) is 0 Å². The van der Waals surface area contributed by atoms with Crippen LogP contribution < -0.4 is 0 Å². The van der Waals surface area contributed by atoms with Gasteiger partial charge in [-0.2, -0.15) is 0 Å². The largest absolute Gasteiger partial charge is 0.380 e. The van der Waals surface area contributed by atoms with Gasteiger partial charge in [-0.25, -0.2) is 0 Å². The predicted molar refractivity (Wildman–Crippen MR) is 53.7 cm³/mol. The lowest BCUT2D eigenvalue weighted by Gasteiger charge is -2.38. The molecule has 1 heteroatoms. The summed E-state index contributed by atoms with van der Waals surface area (Å²) in [6, 6.07) is 10.7. The Bertz CT molecular complexity index is 262. The molecule has 0 spiro atoms. The summed E-state index contributed by atoms with van der Waals surface area (Å²) >= 11 is 0. The minimum absolute atomic E-state index is 0.454. The molecule has 1 aliphatic heterocycles. The van der Waals surface area contributed by atoms with Crippen LogP contribution in [0.2, 0.25) is 0 Å². The van der Waals surface area contributed by atoms with Crippen molar-refractivity contribution in [2.75, 3.05) is 13.2 Å². The summed E-state index contributed by atoms with van der Waals surface area (Å²) in [5, 5.41) is 0. The molecule has 1 fully saturated rings. The molecule has 0 saturated carbocycles. The van der Waals surface area contributed by atoms with Crippen LogP contribution >= 0.6 is 0 Å². The molecule has 2 rings (SSSR count). The highest BCUT2D eigenvalue weighted by Crippen LogP contribution is 2.31. The summed E-state index contributed by atoms with van der Waals surface area (Å²) in [4.78, 5) is 0. The Morgan fingerprint density at radius 1 is 1.23 bits per heavy atom. The second kappa shape index (κ2) is 3.51. The minimum atomic E-state index is 0.454. The van der Waals surface area contributed by atoms with Crippen molar-refractivity contribution in [3.8, 4) is 0 Å². The van der Waals surface area contributed by atoms with Crippen molar-refractivity contribution in [3.05, 3.63) is 35.9 Å². The van der Waals surface area contributed by atoms with Crippen molar-refractivity contribution in [1.29, 1.82) is 0 Å². The van der Waals surface area contributed by atoms with E-state index in [9.17, 15) is 0 Å². The molecule has 1 nitrogen and oxygen atoms in total. The lowest BCUT2D eigenvalue weighted by molar-refractivity contribution is -0.105. The quantitative estimate of drug-likeness (QED) is 0.688. The van der Waals surface area contributed by atoms with E-state index >= 15 is 0 Å². The molecule has 1 aromatic carbocycles. The molecule has 0 atom stereocenters. The molecule has 1 heterocycles. The van der Waals surface area contributed by atoms with Gasteiger partial charge in [0.25, 0.3) is 0 Å². The highest BCUT2D eigenvalue weighted by atomic mass is 16.5. The van der Waals surface area contributed by atoms with Gasteiger partial charge in [0.1, 0.15) is 0 Å². The van der Waals surface area contributed by atoms with Crippen LogP contribution in [-0.2, 0) is 11.2 Å².